The molecule has 0 N–H and O–H groups in total. The maximum absolute atomic E-state index is 12.9. The molecule has 0 saturated carbocycles. The first kappa shape index (κ1) is 67.8. The highest BCUT2D eigenvalue weighted by molar-refractivity contribution is 5.71. The molecule has 6 heteroatoms. The van der Waals surface area contributed by atoms with Gasteiger partial charge in [-0.15, -0.1) is 0 Å². The maximum Gasteiger partial charge on any atom is 0.306 e. The molecular formula is C65H114O6. The van der Waals surface area contributed by atoms with E-state index in [1.807, 2.05) is 0 Å². The largest absolute Gasteiger partial charge is 0.462 e. The summed E-state index contributed by atoms with van der Waals surface area (Å²) in [5, 5.41) is 0. The Balaban J connectivity index is 4.31. The van der Waals surface area contributed by atoms with Crippen molar-refractivity contribution >= 4 is 17.9 Å². The van der Waals surface area contributed by atoms with Crippen LogP contribution in [0.1, 0.15) is 303 Å². The molecule has 0 rings (SSSR count). The van der Waals surface area contributed by atoms with E-state index in [4.69, 9.17) is 14.2 Å². The summed E-state index contributed by atoms with van der Waals surface area (Å²) in [5.41, 5.74) is 0. The first-order valence-electron chi connectivity index (χ1n) is 30.4. The number of allylic oxidation sites excluding steroid dienone is 12. The van der Waals surface area contributed by atoms with E-state index in [1.54, 1.807) is 0 Å². The van der Waals surface area contributed by atoms with Gasteiger partial charge < -0.3 is 14.2 Å². The normalized spacial score (nSPS) is 12.5. The molecule has 0 radical (unpaired) electrons. The Bertz CT molecular complexity index is 1320. The van der Waals surface area contributed by atoms with Gasteiger partial charge in [-0.05, 0) is 89.9 Å². The summed E-state index contributed by atoms with van der Waals surface area (Å²) in [5.74, 6) is -0.880. The molecule has 0 saturated heterocycles. The van der Waals surface area contributed by atoms with Crippen LogP contribution in [-0.2, 0) is 28.6 Å². The number of carbonyl (C=O) groups excluding carboxylic acids is 3. The van der Waals surface area contributed by atoms with Gasteiger partial charge in [0.2, 0.25) is 0 Å². The van der Waals surface area contributed by atoms with E-state index in [0.29, 0.717) is 19.3 Å². The van der Waals surface area contributed by atoms with Crippen molar-refractivity contribution in [2.75, 3.05) is 13.2 Å². The summed E-state index contributed by atoms with van der Waals surface area (Å²) in [6, 6.07) is 0. The van der Waals surface area contributed by atoms with Crippen LogP contribution in [0.2, 0.25) is 0 Å². The molecule has 0 aromatic carbocycles. The lowest BCUT2D eigenvalue weighted by Crippen LogP contribution is -2.30. The fourth-order valence-corrected chi connectivity index (χ4v) is 8.64. The second-order valence-corrected chi connectivity index (χ2v) is 20.2. The van der Waals surface area contributed by atoms with Gasteiger partial charge >= 0.3 is 17.9 Å². The SMILES string of the molecule is CC/C=C\C/C=C\C/C=C\C/C=C\C/C=C\CCCCCCCCCCCC(=O)OCC(COC(=O)CCCCCCCCCCCCCCCC)OC(=O)CCCCCCC/C=C\CCCCCCC. The number of unbranched alkanes of at least 4 members (excludes halogenated alkanes) is 32. The van der Waals surface area contributed by atoms with Crippen molar-refractivity contribution < 1.29 is 28.6 Å². The third-order valence-electron chi connectivity index (χ3n) is 13.2. The van der Waals surface area contributed by atoms with Crippen LogP contribution in [0.4, 0.5) is 0 Å². The van der Waals surface area contributed by atoms with Gasteiger partial charge in [-0.2, -0.15) is 0 Å². The van der Waals surface area contributed by atoms with E-state index in [0.717, 1.165) is 109 Å². The number of carbonyl (C=O) groups is 3. The molecule has 410 valence electrons. The molecule has 1 atom stereocenters. The highest BCUT2D eigenvalue weighted by Crippen LogP contribution is 2.16. The van der Waals surface area contributed by atoms with Crippen molar-refractivity contribution in [2.24, 2.45) is 0 Å². The van der Waals surface area contributed by atoms with Gasteiger partial charge in [0, 0.05) is 19.3 Å². The molecular weight excluding hydrogens is 877 g/mol. The van der Waals surface area contributed by atoms with E-state index < -0.39 is 6.10 Å². The van der Waals surface area contributed by atoms with Crippen LogP contribution in [0.3, 0.4) is 0 Å². The second-order valence-electron chi connectivity index (χ2n) is 20.2. The number of rotatable bonds is 55. The van der Waals surface area contributed by atoms with E-state index in [1.165, 1.54) is 154 Å². The molecule has 6 nitrogen and oxygen atoms in total. The lowest BCUT2D eigenvalue weighted by Gasteiger charge is -2.18. The molecule has 0 aliphatic rings. The zero-order valence-corrected chi connectivity index (χ0v) is 47.0. The maximum atomic E-state index is 12.9. The van der Waals surface area contributed by atoms with Crippen molar-refractivity contribution in [3.63, 3.8) is 0 Å². The van der Waals surface area contributed by atoms with Crippen molar-refractivity contribution in [1.82, 2.24) is 0 Å². The minimum Gasteiger partial charge on any atom is -0.462 e. The molecule has 0 aliphatic carbocycles. The van der Waals surface area contributed by atoms with Crippen LogP contribution < -0.4 is 0 Å². The summed E-state index contributed by atoms with van der Waals surface area (Å²) in [6.45, 7) is 6.53. The van der Waals surface area contributed by atoms with Gasteiger partial charge in [0.25, 0.3) is 0 Å². The monoisotopic (exact) mass is 991 g/mol. The van der Waals surface area contributed by atoms with Crippen LogP contribution >= 0.6 is 0 Å². The van der Waals surface area contributed by atoms with E-state index in [9.17, 15) is 14.4 Å². The highest BCUT2D eigenvalue weighted by Gasteiger charge is 2.19. The number of hydrogen-bond acceptors (Lipinski definition) is 6. The van der Waals surface area contributed by atoms with Gasteiger partial charge in [0.1, 0.15) is 13.2 Å². The lowest BCUT2D eigenvalue weighted by atomic mass is 10.0. The smallest absolute Gasteiger partial charge is 0.306 e. The molecule has 0 heterocycles. The van der Waals surface area contributed by atoms with Gasteiger partial charge in [-0.3, -0.25) is 14.4 Å². The standard InChI is InChI=1S/C65H114O6/c1-4-7-10-13-16-19-22-25-28-29-30-31-32-33-34-35-36-37-38-41-43-46-49-52-55-58-64(67)70-61-62(71-65(68)59-56-53-50-47-44-40-27-24-21-18-15-12-9-6-3)60-69-63(66)57-54-51-48-45-42-39-26-23-20-17-14-11-8-5-2/h7,10,16,19,24-25,27-28,30-31,33-34,62H,4-6,8-9,11-15,17-18,20-23,26,29,32,35-61H2,1-3H3/b10-7-,19-16-,27-24-,28-25-,31-30-,34-33-. The molecule has 0 spiro atoms. The number of hydrogen-bond donors (Lipinski definition) is 0. The van der Waals surface area contributed by atoms with Gasteiger partial charge in [0.15, 0.2) is 6.10 Å². The Hall–Kier alpha value is -3.15. The summed E-state index contributed by atoms with van der Waals surface area (Å²) < 4.78 is 16.9. The first-order valence-corrected chi connectivity index (χ1v) is 30.4. The Morgan fingerprint density at radius 2 is 0.549 bits per heavy atom. The lowest BCUT2D eigenvalue weighted by molar-refractivity contribution is -0.167. The Kier molecular flexibility index (Phi) is 56.8. The van der Waals surface area contributed by atoms with Crippen LogP contribution in [-0.4, -0.2) is 37.2 Å². The minimum atomic E-state index is -0.780. The van der Waals surface area contributed by atoms with Crippen molar-refractivity contribution in [2.45, 2.75) is 309 Å². The summed E-state index contributed by atoms with van der Waals surface area (Å²) in [7, 11) is 0. The van der Waals surface area contributed by atoms with Gasteiger partial charge in [-0.25, -0.2) is 0 Å². The molecule has 0 amide bonds. The van der Waals surface area contributed by atoms with Crippen LogP contribution in [0, 0.1) is 0 Å². The Morgan fingerprint density at radius 3 is 0.873 bits per heavy atom. The van der Waals surface area contributed by atoms with E-state index in [-0.39, 0.29) is 31.1 Å². The van der Waals surface area contributed by atoms with Crippen LogP contribution in [0.5, 0.6) is 0 Å². The molecule has 0 fully saturated rings. The summed E-state index contributed by atoms with van der Waals surface area (Å²) >= 11 is 0. The zero-order chi connectivity index (χ0) is 51.4. The molecule has 1 unspecified atom stereocenters. The predicted molar refractivity (Wildman–Crippen MR) is 307 cm³/mol. The summed E-state index contributed by atoms with van der Waals surface area (Å²) in [6.07, 6.45) is 76.1. The molecule has 0 aromatic heterocycles. The zero-order valence-electron chi connectivity index (χ0n) is 47.0. The highest BCUT2D eigenvalue weighted by atomic mass is 16.6. The quantitative estimate of drug-likeness (QED) is 0.0261. The number of esters is 3. The molecule has 0 bridgehead atoms. The van der Waals surface area contributed by atoms with Crippen LogP contribution in [0.25, 0.3) is 0 Å². The van der Waals surface area contributed by atoms with Crippen LogP contribution in [0.15, 0.2) is 72.9 Å². The topological polar surface area (TPSA) is 78.9 Å². The second kappa shape index (κ2) is 59.4. The average molecular weight is 992 g/mol. The Labute approximate surface area is 440 Å². The van der Waals surface area contributed by atoms with E-state index in [2.05, 4.69) is 93.7 Å². The average Bonchev–Trinajstić information content (AvgIpc) is 3.37. The fraction of sp³-hybridized carbons (Fsp3) is 0.769. The van der Waals surface area contributed by atoms with E-state index >= 15 is 0 Å². The minimum absolute atomic E-state index is 0.0773. The predicted octanol–water partition coefficient (Wildman–Crippen LogP) is 20.5. The summed E-state index contributed by atoms with van der Waals surface area (Å²) in [4.78, 5) is 38.2. The first-order chi connectivity index (χ1) is 35.0. The third-order valence-corrected chi connectivity index (χ3v) is 13.2. The van der Waals surface area contributed by atoms with Crippen molar-refractivity contribution in [3.05, 3.63) is 72.9 Å². The molecule has 0 aliphatic heterocycles. The van der Waals surface area contributed by atoms with Crippen molar-refractivity contribution in [1.29, 1.82) is 0 Å². The van der Waals surface area contributed by atoms with Gasteiger partial charge in [-0.1, -0.05) is 267 Å². The fourth-order valence-electron chi connectivity index (χ4n) is 8.64. The number of ether oxygens (including phenoxy) is 3. The third kappa shape index (κ3) is 57.6. The molecule has 0 aromatic rings. The Morgan fingerprint density at radius 1 is 0.296 bits per heavy atom. The van der Waals surface area contributed by atoms with Gasteiger partial charge in [0.05, 0.1) is 0 Å². The molecule has 71 heavy (non-hydrogen) atoms. The van der Waals surface area contributed by atoms with Crippen molar-refractivity contribution in [3.8, 4) is 0 Å².